The number of carbonyl (C=O) groups is 2. The molecule has 0 fully saturated rings. The Morgan fingerprint density at radius 2 is 1.77 bits per heavy atom. The highest BCUT2D eigenvalue weighted by Gasteiger charge is 2.09. The van der Waals surface area contributed by atoms with E-state index in [0.717, 1.165) is 5.56 Å². The van der Waals surface area contributed by atoms with Crippen molar-refractivity contribution in [3.8, 4) is 11.8 Å². The number of rotatable bonds is 8. The first-order chi connectivity index (χ1) is 12.6. The van der Waals surface area contributed by atoms with Crippen molar-refractivity contribution in [1.82, 2.24) is 5.43 Å². The molecule has 7 heteroatoms. The molecule has 7 nitrogen and oxygen atoms in total. The van der Waals surface area contributed by atoms with E-state index in [2.05, 4.69) is 10.5 Å². The maximum Gasteiger partial charge on any atom is 0.303 e. The molecule has 1 amide bonds. The highest BCUT2D eigenvalue weighted by atomic mass is 16.5. The minimum absolute atomic E-state index is 0.102. The fraction of sp³-hybridized carbons (Fsp3) is 0.158. The average Bonchev–Trinajstić information content (AvgIpc) is 2.67. The predicted molar refractivity (Wildman–Crippen MR) is 94.6 cm³/mol. The molecule has 0 aliphatic carbocycles. The third-order valence-electron chi connectivity index (χ3n) is 3.36. The van der Waals surface area contributed by atoms with Crippen molar-refractivity contribution in [1.29, 1.82) is 5.26 Å². The Balaban J connectivity index is 2.00. The molecular formula is C19H17N3O4. The van der Waals surface area contributed by atoms with Crippen molar-refractivity contribution in [3.63, 3.8) is 0 Å². The monoisotopic (exact) mass is 351 g/mol. The smallest absolute Gasteiger partial charge is 0.303 e. The lowest BCUT2D eigenvalue weighted by atomic mass is 10.1. The Labute approximate surface area is 150 Å². The first-order valence-electron chi connectivity index (χ1n) is 7.84. The summed E-state index contributed by atoms with van der Waals surface area (Å²) in [4.78, 5) is 22.8. The number of nitriles is 1. The number of benzene rings is 2. The minimum atomic E-state index is -0.948. The number of nitrogens with zero attached hydrogens (tertiary/aromatic N) is 2. The van der Waals surface area contributed by atoms with E-state index >= 15 is 0 Å². The van der Waals surface area contributed by atoms with Crippen LogP contribution in [0.4, 0.5) is 0 Å². The molecule has 0 spiro atoms. The predicted octanol–water partition coefficient (Wildman–Crippen LogP) is 2.32. The van der Waals surface area contributed by atoms with Gasteiger partial charge in [0.2, 0.25) is 0 Å². The van der Waals surface area contributed by atoms with Gasteiger partial charge in [-0.15, -0.1) is 0 Å². The maximum absolute atomic E-state index is 11.9. The highest BCUT2D eigenvalue weighted by Crippen LogP contribution is 2.16. The van der Waals surface area contributed by atoms with Gasteiger partial charge in [-0.2, -0.15) is 10.4 Å². The summed E-state index contributed by atoms with van der Waals surface area (Å²) in [5.41, 5.74) is 3.87. The van der Waals surface area contributed by atoms with Gasteiger partial charge in [0, 0.05) is 6.42 Å². The Morgan fingerprint density at radius 1 is 1.08 bits per heavy atom. The molecule has 0 aromatic heterocycles. The zero-order valence-corrected chi connectivity index (χ0v) is 13.9. The van der Waals surface area contributed by atoms with Crippen LogP contribution in [-0.2, 0) is 9.59 Å². The van der Waals surface area contributed by atoms with Crippen molar-refractivity contribution in [2.24, 2.45) is 5.10 Å². The number of hydrazone groups is 1. The normalized spacial score (nSPS) is 10.7. The molecule has 0 unspecified atom stereocenters. The van der Waals surface area contributed by atoms with E-state index in [0.29, 0.717) is 17.0 Å². The SMILES string of the molecule is N#Cc1ccccc1OCC(=O)N/N=C(/CCC(=O)O)c1ccccc1. The largest absolute Gasteiger partial charge is 0.482 e. The molecule has 2 aromatic rings. The van der Waals surface area contributed by atoms with Crippen LogP contribution >= 0.6 is 0 Å². The number of carbonyl (C=O) groups excluding carboxylic acids is 1. The second-order valence-corrected chi connectivity index (χ2v) is 5.25. The summed E-state index contributed by atoms with van der Waals surface area (Å²) in [5, 5.41) is 21.9. The first kappa shape index (κ1) is 18.7. The molecule has 0 aliphatic heterocycles. The van der Waals surface area contributed by atoms with Gasteiger partial charge in [0.15, 0.2) is 6.61 Å². The standard InChI is InChI=1S/C19H17N3O4/c20-12-15-8-4-5-9-17(15)26-13-18(23)22-21-16(10-11-19(24)25)14-6-2-1-3-7-14/h1-9H,10-11,13H2,(H,22,23)(H,24,25)/b21-16-. The number of para-hydroxylation sites is 1. The molecule has 0 bridgehead atoms. The van der Waals surface area contributed by atoms with E-state index in [4.69, 9.17) is 15.1 Å². The van der Waals surface area contributed by atoms with Gasteiger partial charge in [0.1, 0.15) is 11.8 Å². The summed E-state index contributed by atoms with van der Waals surface area (Å²) < 4.78 is 5.33. The fourth-order valence-corrected chi connectivity index (χ4v) is 2.11. The summed E-state index contributed by atoms with van der Waals surface area (Å²) in [7, 11) is 0. The Hall–Kier alpha value is -3.66. The third-order valence-corrected chi connectivity index (χ3v) is 3.36. The Kier molecular flexibility index (Phi) is 6.89. The van der Waals surface area contributed by atoms with Crippen LogP contribution in [0.25, 0.3) is 0 Å². The lowest BCUT2D eigenvalue weighted by molar-refractivity contribution is -0.136. The van der Waals surface area contributed by atoms with Gasteiger partial charge >= 0.3 is 5.97 Å². The van der Waals surface area contributed by atoms with Gasteiger partial charge < -0.3 is 9.84 Å². The van der Waals surface area contributed by atoms with Crippen LogP contribution in [0.2, 0.25) is 0 Å². The Bertz CT molecular complexity index is 841. The quantitative estimate of drug-likeness (QED) is 0.560. The van der Waals surface area contributed by atoms with E-state index < -0.39 is 11.9 Å². The first-order valence-corrected chi connectivity index (χ1v) is 7.84. The van der Waals surface area contributed by atoms with Crippen molar-refractivity contribution >= 4 is 17.6 Å². The van der Waals surface area contributed by atoms with Gasteiger partial charge in [-0.05, 0) is 17.7 Å². The van der Waals surface area contributed by atoms with E-state index in [1.807, 2.05) is 12.1 Å². The van der Waals surface area contributed by atoms with Crippen LogP contribution in [0.15, 0.2) is 59.7 Å². The summed E-state index contributed by atoms with van der Waals surface area (Å²) in [6, 6.07) is 17.6. The molecule has 132 valence electrons. The van der Waals surface area contributed by atoms with E-state index in [9.17, 15) is 9.59 Å². The van der Waals surface area contributed by atoms with Gasteiger partial charge in [0.05, 0.1) is 17.7 Å². The zero-order valence-electron chi connectivity index (χ0n) is 13.9. The van der Waals surface area contributed by atoms with Crippen molar-refractivity contribution in [2.45, 2.75) is 12.8 Å². The molecule has 0 radical (unpaired) electrons. The van der Waals surface area contributed by atoms with Crippen LogP contribution in [0.5, 0.6) is 5.75 Å². The van der Waals surface area contributed by atoms with Crippen LogP contribution in [0.1, 0.15) is 24.0 Å². The molecule has 0 atom stereocenters. The van der Waals surface area contributed by atoms with Crippen molar-refractivity contribution in [2.75, 3.05) is 6.61 Å². The van der Waals surface area contributed by atoms with E-state index in [1.165, 1.54) is 0 Å². The lowest BCUT2D eigenvalue weighted by Gasteiger charge is -2.08. The maximum atomic E-state index is 11.9. The molecule has 0 heterocycles. The fourth-order valence-electron chi connectivity index (χ4n) is 2.11. The van der Waals surface area contributed by atoms with E-state index in [1.54, 1.807) is 48.5 Å². The molecule has 2 aromatic carbocycles. The van der Waals surface area contributed by atoms with Crippen LogP contribution in [0, 0.1) is 11.3 Å². The van der Waals surface area contributed by atoms with Gasteiger partial charge in [-0.1, -0.05) is 42.5 Å². The number of ether oxygens (including phenoxy) is 1. The zero-order chi connectivity index (χ0) is 18.8. The number of nitrogens with one attached hydrogen (secondary N) is 1. The summed E-state index contributed by atoms with van der Waals surface area (Å²) >= 11 is 0. The van der Waals surface area contributed by atoms with Crippen LogP contribution in [0.3, 0.4) is 0 Å². The Morgan fingerprint density at radius 3 is 2.46 bits per heavy atom. The summed E-state index contributed by atoms with van der Waals surface area (Å²) in [5.74, 6) is -1.15. The van der Waals surface area contributed by atoms with Crippen molar-refractivity contribution in [3.05, 3.63) is 65.7 Å². The van der Waals surface area contributed by atoms with Crippen LogP contribution < -0.4 is 10.2 Å². The number of hydrogen-bond acceptors (Lipinski definition) is 5. The second kappa shape index (κ2) is 9.59. The van der Waals surface area contributed by atoms with Gasteiger partial charge in [0.25, 0.3) is 5.91 Å². The topological polar surface area (TPSA) is 112 Å². The number of carboxylic acids is 1. The minimum Gasteiger partial charge on any atom is -0.482 e. The number of hydrogen-bond donors (Lipinski definition) is 2. The number of carboxylic acid groups (broad SMARTS) is 1. The number of amides is 1. The molecule has 2 N–H and O–H groups in total. The molecule has 0 saturated heterocycles. The van der Waals surface area contributed by atoms with Gasteiger partial charge in [-0.3, -0.25) is 9.59 Å². The molecule has 0 saturated carbocycles. The number of aliphatic carboxylic acids is 1. The summed E-state index contributed by atoms with van der Waals surface area (Å²) in [6.45, 7) is -0.316. The second-order valence-electron chi connectivity index (χ2n) is 5.25. The summed E-state index contributed by atoms with van der Waals surface area (Å²) in [6.07, 6.45) is 0.0768. The van der Waals surface area contributed by atoms with Gasteiger partial charge in [-0.25, -0.2) is 5.43 Å². The van der Waals surface area contributed by atoms with Crippen molar-refractivity contribution < 1.29 is 19.4 Å². The molecule has 2 rings (SSSR count). The van der Waals surface area contributed by atoms with Crippen LogP contribution in [-0.4, -0.2) is 29.3 Å². The lowest BCUT2D eigenvalue weighted by Crippen LogP contribution is -2.26. The third kappa shape index (κ3) is 5.76. The molecular weight excluding hydrogens is 334 g/mol. The highest BCUT2D eigenvalue weighted by molar-refractivity contribution is 6.02. The average molecular weight is 351 g/mol. The van der Waals surface area contributed by atoms with E-state index in [-0.39, 0.29) is 19.4 Å². The molecule has 26 heavy (non-hydrogen) atoms. The molecule has 0 aliphatic rings.